The summed E-state index contributed by atoms with van der Waals surface area (Å²) in [5.74, 6) is 0.343. The van der Waals surface area contributed by atoms with Gasteiger partial charge in [-0.1, -0.05) is 32.6 Å². The summed E-state index contributed by atoms with van der Waals surface area (Å²) < 4.78 is 5.26. The van der Waals surface area contributed by atoms with Gasteiger partial charge in [0.25, 0.3) is 0 Å². The number of carbonyl (C=O) groups excluding carboxylic acids is 1. The van der Waals surface area contributed by atoms with E-state index in [9.17, 15) is 4.79 Å². The van der Waals surface area contributed by atoms with Crippen molar-refractivity contribution in [1.29, 1.82) is 0 Å². The number of ether oxygens (including phenoxy) is 1. The molecule has 1 aliphatic carbocycles. The fourth-order valence-electron chi connectivity index (χ4n) is 3.10. The maximum atomic E-state index is 12.2. The summed E-state index contributed by atoms with van der Waals surface area (Å²) in [6, 6.07) is 0. The Labute approximate surface area is 105 Å². The van der Waals surface area contributed by atoms with E-state index >= 15 is 0 Å². The fraction of sp³-hybridized carbons (Fsp3) is 0.929. The van der Waals surface area contributed by atoms with Crippen LogP contribution in [0.2, 0.25) is 0 Å². The van der Waals surface area contributed by atoms with Crippen LogP contribution in [0, 0.1) is 11.3 Å². The molecule has 0 amide bonds. The molecule has 1 rings (SSSR count). The first-order valence-electron chi connectivity index (χ1n) is 7.08. The smallest absolute Gasteiger partial charge is 0.313 e. The van der Waals surface area contributed by atoms with Crippen LogP contribution in [0.5, 0.6) is 0 Å². The van der Waals surface area contributed by atoms with Crippen LogP contribution >= 0.6 is 0 Å². The first-order valence-corrected chi connectivity index (χ1v) is 7.08. The van der Waals surface area contributed by atoms with Gasteiger partial charge in [0, 0.05) is 6.54 Å². The first kappa shape index (κ1) is 14.5. The van der Waals surface area contributed by atoms with Crippen molar-refractivity contribution in [1.82, 2.24) is 0 Å². The molecule has 0 spiro atoms. The molecule has 0 aliphatic heterocycles. The molecule has 3 heteroatoms. The van der Waals surface area contributed by atoms with Gasteiger partial charge in [-0.2, -0.15) is 0 Å². The molecular weight excluding hydrogens is 214 g/mol. The molecule has 2 N–H and O–H groups in total. The highest BCUT2D eigenvalue weighted by molar-refractivity contribution is 5.77. The minimum atomic E-state index is -0.430. The molecule has 0 saturated heterocycles. The van der Waals surface area contributed by atoms with Crippen LogP contribution in [0.3, 0.4) is 0 Å². The highest BCUT2D eigenvalue weighted by Crippen LogP contribution is 2.40. The van der Waals surface area contributed by atoms with Crippen LogP contribution in [0.25, 0.3) is 0 Å². The summed E-state index contributed by atoms with van der Waals surface area (Å²) in [6.07, 6.45) is 8.10. The molecule has 0 aromatic rings. The van der Waals surface area contributed by atoms with Crippen LogP contribution in [0.1, 0.15) is 58.8 Å². The molecule has 100 valence electrons. The van der Waals surface area contributed by atoms with Gasteiger partial charge in [0.15, 0.2) is 0 Å². The average molecular weight is 241 g/mol. The van der Waals surface area contributed by atoms with Gasteiger partial charge >= 0.3 is 5.97 Å². The third-order valence-corrected chi connectivity index (χ3v) is 4.31. The first-order chi connectivity index (χ1) is 8.21. The molecule has 1 aliphatic rings. The van der Waals surface area contributed by atoms with Gasteiger partial charge in [0.05, 0.1) is 12.0 Å². The van der Waals surface area contributed by atoms with E-state index in [4.69, 9.17) is 10.5 Å². The quantitative estimate of drug-likeness (QED) is 0.595. The van der Waals surface area contributed by atoms with Gasteiger partial charge in [0.1, 0.15) is 0 Å². The van der Waals surface area contributed by atoms with Gasteiger partial charge in [-0.25, -0.2) is 0 Å². The van der Waals surface area contributed by atoms with Crippen LogP contribution < -0.4 is 5.73 Å². The highest BCUT2D eigenvalue weighted by Gasteiger charge is 2.43. The lowest BCUT2D eigenvalue weighted by molar-refractivity contribution is -0.159. The molecule has 1 fully saturated rings. The van der Waals surface area contributed by atoms with Crippen molar-refractivity contribution in [2.45, 2.75) is 58.8 Å². The van der Waals surface area contributed by atoms with Crippen molar-refractivity contribution in [2.75, 3.05) is 13.2 Å². The van der Waals surface area contributed by atoms with Crippen LogP contribution in [0.15, 0.2) is 0 Å². The van der Waals surface area contributed by atoms with Crippen molar-refractivity contribution in [3.63, 3.8) is 0 Å². The lowest BCUT2D eigenvalue weighted by Gasteiger charge is -2.36. The second kappa shape index (κ2) is 7.00. The standard InChI is InChI=1S/C14H27NO2/c1-3-14(11-15,13(16)17-4-2)12-9-7-5-6-8-10-12/h12H,3-11,15H2,1-2H3. The van der Waals surface area contributed by atoms with E-state index in [2.05, 4.69) is 6.92 Å². The molecule has 3 nitrogen and oxygen atoms in total. The van der Waals surface area contributed by atoms with E-state index in [1.165, 1.54) is 25.7 Å². The predicted molar refractivity (Wildman–Crippen MR) is 69.6 cm³/mol. The molecule has 0 radical (unpaired) electrons. The van der Waals surface area contributed by atoms with Gasteiger partial charge in [0.2, 0.25) is 0 Å². The Morgan fingerprint density at radius 3 is 2.24 bits per heavy atom. The monoisotopic (exact) mass is 241 g/mol. The molecule has 17 heavy (non-hydrogen) atoms. The van der Waals surface area contributed by atoms with Crippen LogP contribution in [-0.4, -0.2) is 19.1 Å². The van der Waals surface area contributed by atoms with Crippen LogP contribution in [0.4, 0.5) is 0 Å². The fourth-order valence-corrected chi connectivity index (χ4v) is 3.10. The van der Waals surface area contributed by atoms with E-state index in [0.29, 0.717) is 19.1 Å². The van der Waals surface area contributed by atoms with Crippen LogP contribution in [-0.2, 0) is 9.53 Å². The van der Waals surface area contributed by atoms with Crippen molar-refractivity contribution in [3.8, 4) is 0 Å². The third-order valence-electron chi connectivity index (χ3n) is 4.31. The van der Waals surface area contributed by atoms with E-state index in [1.807, 2.05) is 6.92 Å². The molecule has 0 heterocycles. The summed E-state index contributed by atoms with van der Waals surface area (Å²) in [6.45, 7) is 4.80. The number of carbonyl (C=O) groups is 1. The Morgan fingerprint density at radius 2 is 1.82 bits per heavy atom. The summed E-state index contributed by atoms with van der Waals surface area (Å²) in [5, 5.41) is 0. The Balaban J connectivity index is 2.83. The average Bonchev–Trinajstić information content (AvgIpc) is 2.61. The zero-order valence-electron chi connectivity index (χ0n) is 11.3. The molecule has 0 bridgehead atoms. The molecule has 1 saturated carbocycles. The van der Waals surface area contributed by atoms with E-state index in [1.54, 1.807) is 0 Å². The van der Waals surface area contributed by atoms with Gasteiger partial charge < -0.3 is 10.5 Å². The zero-order chi connectivity index (χ0) is 12.7. The minimum Gasteiger partial charge on any atom is -0.466 e. The Kier molecular flexibility index (Phi) is 5.96. The summed E-state index contributed by atoms with van der Waals surface area (Å²) in [7, 11) is 0. The number of rotatable bonds is 5. The van der Waals surface area contributed by atoms with E-state index < -0.39 is 5.41 Å². The SMILES string of the molecule is CCOC(=O)C(CC)(CN)C1CCCCCC1. The van der Waals surface area contributed by atoms with Gasteiger partial charge in [-0.05, 0) is 32.1 Å². The Bertz CT molecular complexity index is 228. The topological polar surface area (TPSA) is 52.3 Å². The number of nitrogens with two attached hydrogens (primary N) is 1. The maximum absolute atomic E-state index is 12.2. The van der Waals surface area contributed by atoms with Gasteiger partial charge in [-0.3, -0.25) is 4.79 Å². The number of hydrogen-bond donors (Lipinski definition) is 1. The number of hydrogen-bond acceptors (Lipinski definition) is 3. The molecule has 1 atom stereocenters. The lowest BCUT2D eigenvalue weighted by atomic mass is 9.70. The van der Waals surface area contributed by atoms with Gasteiger partial charge in [-0.15, -0.1) is 0 Å². The zero-order valence-corrected chi connectivity index (χ0v) is 11.3. The predicted octanol–water partition coefficient (Wildman–Crippen LogP) is 2.88. The van der Waals surface area contributed by atoms with E-state index in [-0.39, 0.29) is 5.97 Å². The second-order valence-corrected chi connectivity index (χ2v) is 5.12. The second-order valence-electron chi connectivity index (χ2n) is 5.12. The summed E-state index contributed by atoms with van der Waals surface area (Å²) >= 11 is 0. The van der Waals surface area contributed by atoms with Crippen molar-refractivity contribution in [2.24, 2.45) is 17.1 Å². The molecule has 0 aromatic heterocycles. The normalized spacial score (nSPS) is 21.6. The third kappa shape index (κ3) is 3.21. The maximum Gasteiger partial charge on any atom is 0.313 e. The minimum absolute atomic E-state index is 0.0723. The van der Waals surface area contributed by atoms with Crippen molar-refractivity contribution in [3.05, 3.63) is 0 Å². The highest BCUT2D eigenvalue weighted by atomic mass is 16.5. The summed E-state index contributed by atoms with van der Waals surface area (Å²) in [5.41, 5.74) is 5.50. The number of esters is 1. The Hall–Kier alpha value is -0.570. The molecular formula is C14H27NO2. The lowest BCUT2D eigenvalue weighted by Crippen LogP contribution is -2.45. The van der Waals surface area contributed by atoms with E-state index in [0.717, 1.165) is 19.3 Å². The largest absolute Gasteiger partial charge is 0.466 e. The summed E-state index contributed by atoms with van der Waals surface area (Å²) in [4.78, 5) is 12.2. The van der Waals surface area contributed by atoms with Crippen molar-refractivity contribution < 1.29 is 9.53 Å². The molecule has 0 aromatic carbocycles. The molecule has 1 unspecified atom stereocenters. The Morgan fingerprint density at radius 1 is 1.24 bits per heavy atom. The van der Waals surface area contributed by atoms with Crippen molar-refractivity contribution >= 4 is 5.97 Å².